The Hall–Kier alpha value is -3.04. The van der Waals surface area contributed by atoms with Gasteiger partial charge in [-0.25, -0.2) is 15.0 Å². The maximum atomic E-state index is 14.0. The highest BCUT2D eigenvalue weighted by Crippen LogP contribution is 2.29. The van der Waals surface area contributed by atoms with E-state index in [1.807, 2.05) is 23.5 Å². The van der Waals surface area contributed by atoms with E-state index in [1.54, 1.807) is 24.7 Å². The molecule has 1 fully saturated rings. The lowest BCUT2D eigenvalue weighted by Crippen LogP contribution is -2.43. The van der Waals surface area contributed by atoms with Crippen molar-refractivity contribution in [3.63, 3.8) is 0 Å². The summed E-state index contributed by atoms with van der Waals surface area (Å²) in [5.74, 6) is 0.786. The predicted octanol–water partition coefficient (Wildman–Crippen LogP) is 3.27. The van der Waals surface area contributed by atoms with E-state index in [2.05, 4.69) is 25.1 Å². The average Bonchev–Trinajstić information content (AvgIpc) is 3.33. The minimum absolute atomic E-state index is 0.101. The lowest BCUT2D eigenvalue weighted by molar-refractivity contribution is -0.0193. The minimum atomic E-state index is -0.477. The zero-order valence-corrected chi connectivity index (χ0v) is 16.2. The van der Waals surface area contributed by atoms with E-state index in [-0.39, 0.29) is 6.10 Å². The molecule has 148 valence electrons. The Kier molecular flexibility index (Phi) is 4.40. The van der Waals surface area contributed by atoms with Gasteiger partial charge in [-0.3, -0.25) is 9.50 Å². The lowest BCUT2D eigenvalue weighted by atomic mass is 10.1. The zero-order valence-electron chi connectivity index (χ0n) is 15.5. The van der Waals surface area contributed by atoms with Crippen molar-refractivity contribution in [2.75, 3.05) is 18.0 Å². The highest BCUT2D eigenvalue weighted by Gasteiger charge is 2.30. The monoisotopic (exact) mass is 413 g/mol. The lowest BCUT2D eigenvalue weighted by Gasteiger charge is -2.37. The summed E-state index contributed by atoms with van der Waals surface area (Å²) in [6.07, 6.45) is 6.13. The molecular weight excluding hydrogens is 397 g/mol. The summed E-state index contributed by atoms with van der Waals surface area (Å²) >= 11 is 6.13. The molecule has 4 aromatic rings. The van der Waals surface area contributed by atoms with E-state index >= 15 is 0 Å². The standard InChI is InChI=1S/C19H17ClFN7O/c1-11-8-27(10-15(29-11)13-6-24-26-18(13)21)17-4-5-22-19(25-17)14-7-23-16-3-2-12(20)9-28(14)16/h2-7,9,11,15H,8,10H2,1H3,(H,24,26)/t11-,15+/m0/s1. The number of rotatable bonds is 3. The number of hydrogen-bond acceptors (Lipinski definition) is 6. The first-order chi connectivity index (χ1) is 14.1. The molecule has 0 amide bonds. The van der Waals surface area contributed by atoms with Crippen LogP contribution in [0.2, 0.25) is 5.02 Å². The Morgan fingerprint density at radius 1 is 1.21 bits per heavy atom. The second kappa shape index (κ2) is 7.09. The molecule has 1 aliphatic rings. The number of aromatic amines is 1. The molecule has 8 nitrogen and oxygen atoms in total. The molecule has 5 heterocycles. The van der Waals surface area contributed by atoms with Crippen molar-refractivity contribution in [2.24, 2.45) is 0 Å². The molecule has 10 heteroatoms. The van der Waals surface area contributed by atoms with Crippen LogP contribution in [0.3, 0.4) is 0 Å². The van der Waals surface area contributed by atoms with Gasteiger partial charge in [-0.1, -0.05) is 11.6 Å². The fourth-order valence-electron chi connectivity index (χ4n) is 3.58. The van der Waals surface area contributed by atoms with Crippen LogP contribution in [0.5, 0.6) is 0 Å². The molecule has 0 radical (unpaired) electrons. The van der Waals surface area contributed by atoms with Gasteiger partial charge in [0.25, 0.3) is 0 Å². The fraction of sp³-hybridized carbons (Fsp3) is 0.263. The van der Waals surface area contributed by atoms with Gasteiger partial charge in [0, 0.05) is 18.9 Å². The van der Waals surface area contributed by atoms with Crippen LogP contribution in [0.15, 0.2) is 43.0 Å². The predicted molar refractivity (Wildman–Crippen MR) is 105 cm³/mol. The summed E-state index contributed by atoms with van der Waals surface area (Å²) in [4.78, 5) is 15.6. The molecule has 0 saturated carbocycles. The summed E-state index contributed by atoms with van der Waals surface area (Å²) in [5, 5.41) is 6.68. The smallest absolute Gasteiger partial charge is 0.214 e. The Balaban J connectivity index is 1.49. The zero-order chi connectivity index (χ0) is 20.0. The van der Waals surface area contributed by atoms with Crippen molar-refractivity contribution in [1.29, 1.82) is 0 Å². The minimum Gasteiger partial charge on any atom is -0.367 e. The van der Waals surface area contributed by atoms with Crippen LogP contribution in [0, 0.1) is 5.95 Å². The normalized spacial score (nSPS) is 19.8. The number of pyridine rings is 1. The van der Waals surface area contributed by atoms with Crippen molar-refractivity contribution in [1.82, 2.24) is 29.5 Å². The third kappa shape index (κ3) is 3.32. The molecule has 0 unspecified atom stereocenters. The molecule has 0 aliphatic carbocycles. The van der Waals surface area contributed by atoms with Gasteiger partial charge in [-0.2, -0.15) is 9.49 Å². The number of aromatic nitrogens is 6. The van der Waals surface area contributed by atoms with Gasteiger partial charge < -0.3 is 9.64 Å². The number of morpholine rings is 1. The maximum Gasteiger partial charge on any atom is 0.214 e. The second-order valence-electron chi connectivity index (χ2n) is 6.94. The van der Waals surface area contributed by atoms with Gasteiger partial charge in [-0.05, 0) is 25.1 Å². The Morgan fingerprint density at radius 3 is 2.93 bits per heavy atom. The largest absolute Gasteiger partial charge is 0.367 e. The van der Waals surface area contributed by atoms with Gasteiger partial charge >= 0.3 is 0 Å². The number of halogens is 2. The van der Waals surface area contributed by atoms with Gasteiger partial charge in [0.05, 0.1) is 35.6 Å². The number of hydrogen-bond donors (Lipinski definition) is 1. The topological polar surface area (TPSA) is 84.2 Å². The van der Waals surface area contributed by atoms with E-state index < -0.39 is 12.1 Å². The molecule has 4 aromatic heterocycles. The van der Waals surface area contributed by atoms with Crippen molar-refractivity contribution < 1.29 is 9.13 Å². The van der Waals surface area contributed by atoms with Crippen LogP contribution in [0.4, 0.5) is 10.2 Å². The first-order valence-corrected chi connectivity index (χ1v) is 9.51. The van der Waals surface area contributed by atoms with Crippen molar-refractivity contribution in [3.05, 3.63) is 59.5 Å². The third-order valence-corrected chi connectivity index (χ3v) is 5.11. The SMILES string of the molecule is C[C@H]1CN(c2ccnc(-c3cnc4ccc(Cl)cn34)n2)C[C@H](c2cn[nH]c2F)O1. The molecule has 0 spiro atoms. The summed E-state index contributed by atoms with van der Waals surface area (Å²) in [5.41, 5.74) is 1.91. The van der Waals surface area contributed by atoms with E-state index in [0.29, 0.717) is 29.5 Å². The number of fused-ring (bicyclic) bond motifs is 1. The second-order valence-corrected chi connectivity index (χ2v) is 7.37. The highest BCUT2D eigenvalue weighted by atomic mass is 35.5. The maximum absolute atomic E-state index is 14.0. The number of ether oxygens (including phenoxy) is 1. The first-order valence-electron chi connectivity index (χ1n) is 9.13. The van der Waals surface area contributed by atoms with E-state index in [4.69, 9.17) is 21.3 Å². The van der Waals surface area contributed by atoms with Crippen LogP contribution >= 0.6 is 11.6 Å². The molecule has 0 aromatic carbocycles. The summed E-state index contributed by atoms with van der Waals surface area (Å²) in [6, 6.07) is 5.46. The highest BCUT2D eigenvalue weighted by molar-refractivity contribution is 6.30. The fourth-order valence-corrected chi connectivity index (χ4v) is 3.74. The quantitative estimate of drug-likeness (QED) is 0.555. The van der Waals surface area contributed by atoms with E-state index in [9.17, 15) is 4.39 Å². The third-order valence-electron chi connectivity index (χ3n) is 4.89. The van der Waals surface area contributed by atoms with Crippen LogP contribution in [0.25, 0.3) is 17.2 Å². The Morgan fingerprint density at radius 2 is 2.10 bits per heavy atom. The van der Waals surface area contributed by atoms with E-state index in [0.717, 1.165) is 17.2 Å². The molecule has 1 aliphatic heterocycles. The molecule has 1 N–H and O–H groups in total. The van der Waals surface area contributed by atoms with Crippen molar-refractivity contribution in [2.45, 2.75) is 19.1 Å². The summed E-state index contributed by atoms with van der Waals surface area (Å²) < 4.78 is 21.7. The number of nitrogens with zero attached hydrogens (tertiary/aromatic N) is 6. The van der Waals surface area contributed by atoms with Gasteiger partial charge in [0.15, 0.2) is 5.82 Å². The van der Waals surface area contributed by atoms with Crippen molar-refractivity contribution >= 4 is 23.1 Å². The van der Waals surface area contributed by atoms with Gasteiger partial charge in [0.2, 0.25) is 5.95 Å². The number of imidazole rings is 1. The number of nitrogens with one attached hydrogen (secondary N) is 1. The van der Waals surface area contributed by atoms with Gasteiger partial charge in [-0.15, -0.1) is 0 Å². The van der Waals surface area contributed by atoms with Crippen LogP contribution in [0.1, 0.15) is 18.6 Å². The molecule has 5 rings (SSSR count). The Labute approximate surface area is 170 Å². The average molecular weight is 414 g/mol. The van der Waals surface area contributed by atoms with Crippen LogP contribution in [-0.4, -0.2) is 48.7 Å². The number of anilines is 1. The van der Waals surface area contributed by atoms with Crippen LogP contribution in [-0.2, 0) is 4.74 Å². The van der Waals surface area contributed by atoms with Gasteiger partial charge in [0.1, 0.15) is 23.3 Å². The summed E-state index contributed by atoms with van der Waals surface area (Å²) in [7, 11) is 0. The molecule has 29 heavy (non-hydrogen) atoms. The molecule has 2 atom stereocenters. The van der Waals surface area contributed by atoms with E-state index in [1.165, 1.54) is 6.20 Å². The molecular formula is C19H17ClFN7O. The molecule has 1 saturated heterocycles. The summed E-state index contributed by atoms with van der Waals surface area (Å²) in [6.45, 7) is 3.04. The first kappa shape index (κ1) is 18.0. The van der Waals surface area contributed by atoms with Crippen molar-refractivity contribution in [3.8, 4) is 11.5 Å². The van der Waals surface area contributed by atoms with Crippen LogP contribution < -0.4 is 4.90 Å². The Bertz CT molecular complexity index is 1180. The molecule has 0 bridgehead atoms. The number of H-pyrrole nitrogens is 1.